The summed E-state index contributed by atoms with van der Waals surface area (Å²) in [5, 5.41) is 0.116. The van der Waals surface area contributed by atoms with E-state index in [1.165, 1.54) is 0 Å². The van der Waals surface area contributed by atoms with Crippen LogP contribution in [-0.2, 0) is 0 Å². The first-order chi connectivity index (χ1) is 7.49. The lowest BCUT2D eigenvalue weighted by Gasteiger charge is -2.00. The zero-order valence-electron chi connectivity index (χ0n) is 8.22. The van der Waals surface area contributed by atoms with Gasteiger partial charge in [-0.15, -0.1) is 11.3 Å². The number of nitrogens with two attached hydrogens (primary N) is 1. The van der Waals surface area contributed by atoms with Crippen molar-refractivity contribution in [3.8, 4) is 10.6 Å². The predicted octanol–water partition coefficient (Wildman–Crippen LogP) is 3.12. The molecule has 16 heavy (non-hydrogen) atoms. The van der Waals surface area contributed by atoms with Crippen molar-refractivity contribution >= 4 is 17.2 Å². The van der Waals surface area contributed by atoms with Crippen LogP contribution in [0.3, 0.4) is 0 Å². The van der Waals surface area contributed by atoms with Crippen LogP contribution in [0.1, 0.15) is 4.88 Å². The zero-order valence-corrected chi connectivity index (χ0v) is 9.04. The first-order valence-electron chi connectivity index (χ1n) is 4.37. The number of thiazole rings is 1. The van der Waals surface area contributed by atoms with Crippen LogP contribution in [0.4, 0.5) is 19.0 Å². The summed E-state index contributed by atoms with van der Waals surface area (Å²) < 4.78 is 39.5. The maximum atomic E-state index is 13.4. The van der Waals surface area contributed by atoms with Crippen molar-refractivity contribution in [3.05, 3.63) is 34.5 Å². The maximum Gasteiger partial charge on any atom is 0.139 e. The van der Waals surface area contributed by atoms with Gasteiger partial charge in [0.25, 0.3) is 0 Å². The molecule has 2 N–H and O–H groups in total. The van der Waals surface area contributed by atoms with Crippen molar-refractivity contribution in [1.82, 2.24) is 4.98 Å². The Bertz CT molecular complexity index is 508. The Hall–Kier alpha value is -1.56. The second-order valence-corrected chi connectivity index (χ2v) is 4.41. The number of nitrogen functional groups attached to an aromatic ring is 1. The summed E-state index contributed by atoms with van der Waals surface area (Å²) in [5.74, 6) is -2.69. The van der Waals surface area contributed by atoms with Gasteiger partial charge in [0.2, 0.25) is 0 Å². The van der Waals surface area contributed by atoms with Crippen molar-refractivity contribution in [2.24, 2.45) is 0 Å². The van der Waals surface area contributed by atoms with E-state index >= 15 is 0 Å². The maximum absolute atomic E-state index is 13.4. The standard InChI is InChI=1S/C10H7F3N2S/c1-4-9(14)15-10(16-4)8-6(12)2-5(11)3-7(8)13/h2-3H,14H2,1H3. The van der Waals surface area contributed by atoms with Crippen LogP contribution >= 0.6 is 11.3 Å². The van der Waals surface area contributed by atoms with Gasteiger partial charge in [-0.05, 0) is 6.92 Å². The number of benzene rings is 1. The molecular formula is C10H7F3N2S. The van der Waals surface area contributed by atoms with Gasteiger partial charge in [-0.25, -0.2) is 18.2 Å². The molecule has 0 atom stereocenters. The van der Waals surface area contributed by atoms with Gasteiger partial charge < -0.3 is 5.73 Å². The minimum atomic E-state index is -0.980. The lowest BCUT2D eigenvalue weighted by molar-refractivity contribution is 0.548. The second-order valence-electron chi connectivity index (χ2n) is 3.20. The van der Waals surface area contributed by atoms with Crippen LogP contribution in [0, 0.1) is 24.4 Å². The molecule has 0 saturated heterocycles. The average Bonchev–Trinajstić information content (AvgIpc) is 2.44. The molecule has 2 nitrogen and oxygen atoms in total. The number of hydrogen-bond donors (Lipinski definition) is 1. The fraction of sp³-hybridized carbons (Fsp3) is 0.100. The summed E-state index contributed by atoms with van der Waals surface area (Å²) >= 11 is 1.06. The third kappa shape index (κ3) is 1.76. The predicted molar refractivity (Wildman–Crippen MR) is 56.6 cm³/mol. The summed E-state index contributed by atoms with van der Waals surface area (Å²) in [6, 6.07) is 1.23. The number of halogens is 3. The van der Waals surface area contributed by atoms with Crippen molar-refractivity contribution < 1.29 is 13.2 Å². The van der Waals surface area contributed by atoms with Crippen molar-refractivity contribution in [1.29, 1.82) is 0 Å². The average molecular weight is 244 g/mol. The van der Waals surface area contributed by atoms with Crippen molar-refractivity contribution in [3.63, 3.8) is 0 Å². The van der Waals surface area contributed by atoms with Crippen LogP contribution in [0.25, 0.3) is 10.6 Å². The first-order valence-corrected chi connectivity index (χ1v) is 5.18. The highest BCUT2D eigenvalue weighted by molar-refractivity contribution is 7.15. The highest BCUT2D eigenvalue weighted by Gasteiger charge is 2.17. The number of nitrogens with zero attached hydrogens (tertiary/aromatic N) is 1. The molecule has 1 aromatic heterocycles. The molecule has 0 fully saturated rings. The van der Waals surface area contributed by atoms with Gasteiger partial charge in [-0.2, -0.15) is 0 Å². The summed E-state index contributed by atoms with van der Waals surface area (Å²) in [5.41, 5.74) is 5.15. The first kappa shape index (κ1) is 10.9. The topological polar surface area (TPSA) is 38.9 Å². The molecule has 0 aliphatic heterocycles. The Morgan fingerprint density at radius 2 is 1.75 bits per heavy atom. The van der Waals surface area contributed by atoms with Gasteiger partial charge in [0.05, 0.1) is 5.56 Å². The Morgan fingerprint density at radius 1 is 1.19 bits per heavy atom. The van der Waals surface area contributed by atoms with E-state index in [0.717, 1.165) is 11.3 Å². The zero-order chi connectivity index (χ0) is 11.9. The Morgan fingerprint density at radius 3 is 2.19 bits per heavy atom. The molecule has 1 heterocycles. The Balaban J connectivity index is 2.64. The van der Waals surface area contributed by atoms with E-state index in [0.29, 0.717) is 17.0 Å². The molecule has 6 heteroatoms. The molecule has 0 radical (unpaired) electrons. The summed E-state index contributed by atoms with van der Waals surface area (Å²) in [6.45, 7) is 1.69. The molecule has 2 aromatic rings. The molecule has 0 spiro atoms. The van der Waals surface area contributed by atoms with E-state index in [2.05, 4.69) is 4.98 Å². The third-order valence-corrected chi connectivity index (χ3v) is 3.06. The molecule has 0 amide bonds. The number of hydrogen-bond acceptors (Lipinski definition) is 3. The smallest absolute Gasteiger partial charge is 0.139 e. The summed E-state index contributed by atoms with van der Waals surface area (Å²) in [7, 11) is 0. The Labute approximate surface area is 93.5 Å². The monoisotopic (exact) mass is 244 g/mol. The normalized spacial score (nSPS) is 10.8. The highest BCUT2D eigenvalue weighted by Crippen LogP contribution is 2.32. The Kier molecular flexibility index (Phi) is 2.59. The molecule has 0 aliphatic carbocycles. The van der Waals surface area contributed by atoms with E-state index < -0.39 is 17.5 Å². The van der Waals surface area contributed by atoms with E-state index in [-0.39, 0.29) is 16.4 Å². The van der Waals surface area contributed by atoms with Crippen LogP contribution < -0.4 is 5.73 Å². The fourth-order valence-corrected chi connectivity index (χ4v) is 2.14. The minimum Gasteiger partial charge on any atom is -0.383 e. The summed E-state index contributed by atoms with van der Waals surface area (Å²) in [6.07, 6.45) is 0. The quantitative estimate of drug-likeness (QED) is 0.837. The van der Waals surface area contributed by atoms with Crippen LogP contribution in [-0.4, -0.2) is 4.98 Å². The molecular weight excluding hydrogens is 237 g/mol. The van der Waals surface area contributed by atoms with E-state index in [1.807, 2.05) is 0 Å². The SMILES string of the molecule is Cc1sc(-c2c(F)cc(F)cc2F)nc1N. The second kappa shape index (κ2) is 3.79. The van der Waals surface area contributed by atoms with Gasteiger partial charge >= 0.3 is 0 Å². The fourth-order valence-electron chi connectivity index (χ4n) is 1.26. The largest absolute Gasteiger partial charge is 0.383 e. The van der Waals surface area contributed by atoms with Gasteiger partial charge in [0.15, 0.2) is 0 Å². The highest BCUT2D eigenvalue weighted by atomic mass is 32.1. The molecule has 0 aliphatic rings. The molecule has 84 valence electrons. The van der Waals surface area contributed by atoms with Crippen LogP contribution in [0.2, 0.25) is 0 Å². The third-order valence-electron chi connectivity index (χ3n) is 2.05. The van der Waals surface area contributed by atoms with Crippen molar-refractivity contribution in [2.75, 3.05) is 5.73 Å². The number of aromatic nitrogens is 1. The molecule has 0 saturated carbocycles. The van der Waals surface area contributed by atoms with Gasteiger partial charge in [0.1, 0.15) is 28.3 Å². The number of aryl methyl sites for hydroxylation is 1. The van der Waals surface area contributed by atoms with Gasteiger partial charge in [-0.1, -0.05) is 0 Å². The van der Waals surface area contributed by atoms with E-state index in [1.54, 1.807) is 6.92 Å². The number of rotatable bonds is 1. The van der Waals surface area contributed by atoms with Gasteiger partial charge in [0, 0.05) is 17.0 Å². The van der Waals surface area contributed by atoms with Crippen molar-refractivity contribution in [2.45, 2.75) is 6.92 Å². The summed E-state index contributed by atoms with van der Waals surface area (Å²) in [4.78, 5) is 4.49. The van der Waals surface area contributed by atoms with E-state index in [4.69, 9.17) is 5.73 Å². The van der Waals surface area contributed by atoms with Crippen LogP contribution in [0.5, 0.6) is 0 Å². The molecule has 0 bridgehead atoms. The lowest BCUT2D eigenvalue weighted by Crippen LogP contribution is -1.92. The van der Waals surface area contributed by atoms with Gasteiger partial charge in [-0.3, -0.25) is 0 Å². The minimum absolute atomic E-state index is 0.116. The molecule has 0 unspecified atom stereocenters. The number of anilines is 1. The lowest BCUT2D eigenvalue weighted by atomic mass is 10.2. The molecule has 1 aromatic carbocycles. The van der Waals surface area contributed by atoms with E-state index in [9.17, 15) is 13.2 Å². The molecule has 2 rings (SSSR count). The van der Waals surface area contributed by atoms with Crippen LogP contribution in [0.15, 0.2) is 12.1 Å².